The van der Waals surface area contributed by atoms with Crippen LogP contribution in [0.25, 0.3) is 23.2 Å². The molecule has 0 aliphatic rings. The van der Waals surface area contributed by atoms with Crippen LogP contribution in [0, 0.1) is 12.7 Å². The minimum atomic E-state index is -0.509. The molecule has 0 N–H and O–H groups in total. The maximum absolute atomic E-state index is 13.6. The third-order valence-corrected chi connectivity index (χ3v) is 2.55. The Labute approximate surface area is 112 Å². The number of halogens is 1. The van der Waals surface area contributed by atoms with Gasteiger partial charge in [-0.15, -0.1) is 0 Å². The van der Waals surface area contributed by atoms with Crippen LogP contribution in [-0.4, -0.2) is 27.4 Å². The summed E-state index contributed by atoms with van der Waals surface area (Å²) in [6.45, 7) is 1.67. The number of aromatic nitrogens is 4. The quantitative estimate of drug-likeness (QED) is 0.724. The number of methoxy groups -OCH3 is 1. The Hall–Kier alpha value is -2.77. The highest BCUT2D eigenvalue weighted by atomic mass is 19.1. The Balaban J connectivity index is 1.95. The van der Waals surface area contributed by atoms with Crippen molar-refractivity contribution < 1.29 is 18.2 Å². The molecule has 0 saturated carbocycles. The van der Waals surface area contributed by atoms with E-state index in [0.29, 0.717) is 11.4 Å². The van der Waals surface area contributed by atoms with Gasteiger partial charge in [-0.3, -0.25) is 0 Å². The lowest BCUT2D eigenvalue weighted by atomic mass is 10.2. The number of benzene rings is 1. The van der Waals surface area contributed by atoms with E-state index in [9.17, 15) is 4.39 Å². The topological polar surface area (TPSA) is 87.1 Å². The lowest BCUT2D eigenvalue weighted by molar-refractivity contribution is 0.380. The first kappa shape index (κ1) is 12.3. The molecule has 102 valence electrons. The Morgan fingerprint density at radius 3 is 2.50 bits per heavy atom. The van der Waals surface area contributed by atoms with Crippen molar-refractivity contribution in [3.8, 4) is 28.9 Å². The van der Waals surface area contributed by atoms with Gasteiger partial charge in [-0.2, -0.15) is 9.97 Å². The number of nitrogens with zero attached hydrogens (tertiary/aromatic N) is 4. The molecule has 0 radical (unpaired) electrons. The lowest BCUT2D eigenvalue weighted by Gasteiger charge is -2.01. The average Bonchev–Trinajstić information content (AvgIpc) is 3.07. The van der Waals surface area contributed by atoms with Crippen LogP contribution < -0.4 is 4.74 Å². The van der Waals surface area contributed by atoms with Crippen molar-refractivity contribution in [3.05, 3.63) is 29.8 Å². The largest absolute Gasteiger partial charge is 0.494 e. The molecule has 3 aromatic rings. The minimum Gasteiger partial charge on any atom is -0.494 e. The molecule has 0 fully saturated rings. The van der Waals surface area contributed by atoms with Crippen LogP contribution in [0.4, 0.5) is 4.39 Å². The van der Waals surface area contributed by atoms with E-state index < -0.39 is 5.82 Å². The van der Waals surface area contributed by atoms with Crippen molar-refractivity contribution >= 4 is 0 Å². The van der Waals surface area contributed by atoms with Crippen molar-refractivity contribution in [3.63, 3.8) is 0 Å². The van der Waals surface area contributed by atoms with E-state index >= 15 is 0 Å². The molecule has 2 aromatic heterocycles. The fraction of sp³-hybridized carbons (Fsp3) is 0.167. The maximum atomic E-state index is 13.6. The third kappa shape index (κ3) is 2.11. The van der Waals surface area contributed by atoms with Crippen LogP contribution >= 0.6 is 0 Å². The van der Waals surface area contributed by atoms with Gasteiger partial charge in [0.2, 0.25) is 5.82 Å². The SMILES string of the molecule is COc1ccc(-c2noc(-c3nc(C)no3)n2)cc1F. The summed E-state index contributed by atoms with van der Waals surface area (Å²) in [6, 6.07) is 4.36. The van der Waals surface area contributed by atoms with Gasteiger partial charge in [-0.1, -0.05) is 10.3 Å². The summed E-state index contributed by atoms with van der Waals surface area (Å²) in [4.78, 5) is 8.04. The van der Waals surface area contributed by atoms with E-state index in [4.69, 9.17) is 13.8 Å². The first-order valence-electron chi connectivity index (χ1n) is 5.65. The first-order valence-corrected chi connectivity index (χ1v) is 5.65. The molecule has 0 bridgehead atoms. The molecule has 0 unspecified atom stereocenters. The van der Waals surface area contributed by atoms with E-state index in [1.54, 1.807) is 13.0 Å². The molecule has 1 aromatic carbocycles. The second kappa shape index (κ2) is 4.72. The highest BCUT2D eigenvalue weighted by Gasteiger charge is 2.17. The normalized spacial score (nSPS) is 10.8. The van der Waals surface area contributed by atoms with Gasteiger partial charge in [0.1, 0.15) is 0 Å². The molecule has 7 nitrogen and oxygen atoms in total. The van der Waals surface area contributed by atoms with Crippen LogP contribution in [-0.2, 0) is 0 Å². The molecule has 3 rings (SSSR count). The van der Waals surface area contributed by atoms with Gasteiger partial charge in [0, 0.05) is 5.56 Å². The average molecular weight is 276 g/mol. The van der Waals surface area contributed by atoms with Gasteiger partial charge in [0.25, 0.3) is 0 Å². The van der Waals surface area contributed by atoms with Crippen LogP contribution in [0.2, 0.25) is 0 Å². The molecule has 20 heavy (non-hydrogen) atoms. The van der Waals surface area contributed by atoms with Gasteiger partial charge in [-0.25, -0.2) is 4.39 Å². The molecule has 0 amide bonds. The van der Waals surface area contributed by atoms with Gasteiger partial charge >= 0.3 is 11.8 Å². The molecule has 0 aliphatic heterocycles. The summed E-state index contributed by atoms with van der Waals surface area (Å²) in [6.07, 6.45) is 0. The van der Waals surface area contributed by atoms with Crippen molar-refractivity contribution in [2.45, 2.75) is 6.92 Å². The smallest absolute Gasteiger partial charge is 0.316 e. The summed E-state index contributed by atoms with van der Waals surface area (Å²) < 4.78 is 28.4. The second-order valence-corrected chi connectivity index (χ2v) is 3.92. The Bertz CT molecular complexity index is 753. The molecule has 0 saturated heterocycles. The predicted molar refractivity (Wildman–Crippen MR) is 64.3 cm³/mol. The Morgan fingerprint density at radius 2 is 1.85 bits per heavy atom. The van der Waals surface area contributed by atoms with Crippen molar-refractivity contribution in [1.82, 2.24) is 20.3 Å². The van der Waals surface area contributed by atoms with E-state index in [-0.39, 0.29) is 23.4 Å². The summed E-state index contributed by atoms with van der Waals surface area (Å²) in [5.74, 6) is 0.509. The van der Waals surface area contributed by atoms with Crippen LogP contribution in [0.15, 0.2) is 27.2 Å². The van der Waals surface area contributed by atoms with E-state index in [0.717, 1.165) is 0 Å². The van der Waals surface area contributed by atoms with Crippen LogP contribution in [0.3, 0.4) is 0 Å². The second-order valence-electron chi connectivity index (χ2n) is 3.92. The van der Waals surface area contributed by atoms with Gasteiger partial charge in [-0.05, 0) is 25.1 Å². The molecule has 8 heteroatoms. The highest BCUT2D eigenvalue weighted by Crippen LogP contribution is 2.25. The highest BCUT2D eigenvalue weighted by molar-refractivity contribution is 5.57. The summed E-state index contributed by atoms with van der Waals surface area (Å²) in [5, 5.41) is 7.37. The molecular weight excluding hydrogens is 267 g/mol. The number of hydrogen-bond acceptors (Lipinski definition) is 7. The molecule has 0 atom stereocenters. The van der Waals surface area contributed by atoms with E-state index in [2.05, 4.69) is 20.3 Å². The summed E-state index contributed by atoms with van der Waals surface area (Å²) in [5.41, 5.74) is 0.453. The fourth-order valence-corrected chi connectivity index (χ4v) is 1.62. The van der Waals surface area contributed by atoms with Crippen LogP contribution in [0.5, 0.6) is 5.75 Å². The third-order valence-electron chi connectivity index (χ3n) is 2.55. The zero-order valence-electron chi connectivity index (χ0n) is 10.6. The Morgan fingerprint density at radius 1 is 1.10 bits per heavy atom. The molecule has 2 heterocycles. The standard InChI is InChI=1S/C12H9FN4O3/c1-6-14-11(19-16-6)12-15-10(17-20-12)7-3-4-9(18-2)8(13)5-7/h3-5H,1-2H3. The minimum absolute atomic E-state index is 0.0804. The fourth-order valence-electron chi connectivity index (χ4n) is 1.62. The van der Waals surface area contributed by atoms with Crippen molar-refractivity contribution in [1.29, 1.82) is 0 Å². The lowest BCUT2D eigenvalue weighted by Crippen LogP contribution is -1.89. The number of aryl methyl sites for hydroxylation is 1. The van der Waals surface area contributed by atoms with Gasteiger partial charge < -0.3 is 13.8 Å². The van der Waals surface area contributed by atoms with Crippen LogP contribution in [0.1, 0.15) is 5.82 Å². The van der Waals surface area contributed by atoms with E-state index in [1.165, 1.54) is 19.2 Å². The molecule has 0 spiro atoms. The monoisotopic (exact) mass is 276 g/mol. The Kier molecular flexibility index (Phi) is 2.90. The van der Waals surface area contributed by atoms with Gasteiger partial charge in [0.05, 0.1) is 7.11 Å². The maximum Gasteiger partial charge on any atom is 0.316 e. The zero-order valence-corrected chi connectivity index (χ0v) is 10.6. The predicted octanol–water partition coefficient (Wildman–Crippen LogP) is 2.24. The number of ether oxygens (including phenoxy) is 1. The summed E-state index contributed by atoms with van der Waals surface area (Å²) in [7, 11) is 1.39. The first-order chi connectivity index (χ1) is 9.67. The number of hydrogen-bond donors (Lipinski definition) is 0. The molecular formula is C12H9FN4O3. The molecule has 0 aliphatic carbocycles. The number of rotatable bonds is 3. The van der Waals surface area contributed by atoms with E-state index in [1.807, 2.05) is 0 Å². The zero-order chi connectivity index (χ0) is 14.1. The van der Waals surface area contributed by atoms with Crippen molar-refractivity contribution in [2.75, 3.05) is 7.11 Å². The van der Waals surface area contributed by atoms with Crippen molar-refractivity contribution in [2.24, 2.45) is 0 Å². The summed E-state index contributed by atoms with van der Waals surface area (Å²) >= 11 is 0. The van der Waals surface area contributed by atoms with Gasteiger partial charge in [0.15, 0.2) is 17.4 Å².